The van der Waals surface area contributed by atoms with Crippen LogP contribution in [0.3, 0.4) is 0 Å². The van der Waals surface area contributed by atoms with Gasteiger partial charge in [0.05, 0.1) is 20.3 Å². The summed E-state index contributed by atoms with van der Waals surface area (Å²) in [6.45, 7) is 1.36. The lowest BCUT2D eigenvalue weighted by molar-refractivity contribution is 0.308. The average molecular weight is 285 g/mol. The van der Waals surface area contributed by atoms with Crippen LogP contribution in [0.1, 0.15) is 17.2 Å². The molecular formula is C17H19NO3. The molecule has 3 rings (SSSR count). The molecule has 4 nitrogen and oxygen atoms in total. The first-order valence-corrected chi connectivity index (χ1v) is 6.98. The lowest BCUT2D eigenvalue weighted by atomic mass is 10.1. The molecule has 0 radical (unpaired) electrons. The van der Waals surface area contributed by atoms with Crippen molar-refractivity contribution in [2.45, 2.75) is 12.6 Å². The van der Waals surface area contributed by atoms with Gasteiger partial charge in [-0.2, -0.15) is 0 Å². The van der Waals surface area contributed by atoms with Gasteiger partial charge in [-0.1, -0.05) is 30.3 Å². The van der Waals surface area contributed by atoms with Crippen molar-refractivity contribution in [2.75, 3.05) is 20.8 Å². The van der Waals surface area contributed by atoms with Crippen molar-refractivity contribution in [3.63, 3.8) is 0 Å². The predicted octanol–water partition coefficient (Wildman–Crippen LogP) is 2.93. The molecule has 0 saturated heterocycles. The first-order chi connectivity index (χ1) is 10.3. The maximum Gasteiger partial charge on any atom is 0.165 e. The van der Waals surface area contributed by atoms with Crippen LogP contribution in [-0.4, -0.2) is 20.8 Å². The van der Waals surface area contributed by atoms with E-state index in [0.717, 1.165) is 22.8 Å². The Morgan fingerprint density at radius 2 is 1.95 bits per heavy atom. The average Bonchev–Trinajstić information content (AvgIpc) is 2.95. The minimum atomic E-state index is 0.206. The SMILES string of the molecule is COc1cccc(CNC2COc3ccccc32)c1OC. The molecule has 4 heteroatoms. The summed E-state index contributed by atoms with van der Waals surface area (Å²) in [6, 6.07) is 14.2. The Labute approximate surface area is 124 Å². The molecule has 1 unspecified atom stereocenters. The summed E-state index contributed by atoms with van der Waals surface area (Å²) in [5.74, 6) is 2.49. The van der Waals surface area contributed by atoms with Crippen molar-refractivity contribution in [3.8, 4) is 17.2 Å². The smallest absolute Gasteiger partial charge is 0.165 e. The maximum atomic E-state index is 5.68. The van der Waals surface area contributed by atoms with Crippen LogP contribution in [0.2, 0.25) is 0 Å². The van der Waals surface area contributed by atoms with Gasteiger partial charge in [-0.3, -0.25) is 0 Å². The Hall–Kier alpha value is -2.20. The summed E-state index contributed by atoms with van der Waals surface area (Å²) in [7, 11) is 3.31. The van der Waals surface area contributed by atoms with E-state index in [-0.39, 0.29) is 6.04 Å². The zero-order valence-electron chi connectivity index (χ0n) is 12.3. The number of hydrogen-bond donors (Lipinski definition) is 1. The molecule has 1 aliphatic rings. The van der Waals surface area contributed by atoms with Crippen LogP contribution in [0.5, 0.6) is 17.2 Å². The van der Waals surface area contributed by atoms with Gasteiger partial charge in [-0.25, -0.2) is 0 Å². The summed E-state index contributed by atoms with van der Waals surface area (Å²) in [4.78, 5) is 0. The van der Waals surface area contributed by atoms with Gasteiger partial charge in [0.1, 0.15) is 12.4 Å². The van der Waals surface area contributed by atoms with E-state index in [1.807, 2.05) is 36.4 Å². The molecule has 1 aliphatic heterocycles. The lowest BCUT2D eigenvalue weighted by Gasteiger charge is -2.15. The molecule has 2 aromatic carbocycles. The van der Waals surface area contributed by atoms with E-state index in [9.17, 15) is 0 Å². The van der Waals surface area contributed by atoms with Crippen molar-refractivity contribution in [3.05, 3.63) is 53.6 Å². The zero-order valence-corrected chi connectivity index (χ0v) is 12.3. The second-order valence-electron chi connectivity index (χ2n) is 4.93. The Balaban J connectivity index is 1.75. The molecular weight excluding hydrogens is 266 g/mol. The highest BCUT2D eigenvalue weighted by atomic mass is 16.5. The van der Waals surface area contributed by atoms with E-state index in [1.165, 1.54) is 5.56 Å². The topological polar surface area (TPSA) is 39.7 Å². The lowest BCUT2D eigenvalue weighted by Crippen LogP contribution is -2.22. The van der Waals surface area contributed by atoms with Gasteiger partial charge in [0.15, 0.2) is 11.5 Å². The summed E-state index contributed by atoms with van der Waals surface area (Å²) >= 11 is 0. The van der Waals surface area contributed by atoms with Crippen LogP contribution < -0.4 is 19.5 Å². The third-order valence-electron chi connectivity index (χ3n) is 3.72. The molecule has 0 aromatic heterocycles. The largest absolute Gasteiger partial charge is 0.493 e. The van der Waals surface area contributed by atoms with E-state index in [4.69, 9.17) is 14.2 Å². The van der Waals surface area contributed by atoms with E-state index < -0.39 is 0 Å². The highest BCUT2D eigenvalue weighted by Crippen LogP contribution is 2.34. The number of nitrogens with one attached hydrogen (secondary N) is 1. The van der Waals surface area contributed by atoms with Crippen LogP contribution in [0, 0.1) is 0 Å². The second-order valence-corrected chi connectivity index (χ2v) is 4.93. The minimum absolute atomic E-state index is 0.206. The van der Waals surface area contributed by atoms with Gasteiger partial charge in [0.25, 0.3) is 0 Å². The van der Waals surface area contributed by atoms with Gasteiger partial charge in [0, 0.05) is 17.7 Å². The van der Waals surface area contributed by atoms with Crippen LogP contribution >= 0.6 is 0 Å². The van der Waals surface area contributed by atoms with Crippen molar-refractivity contribution in [2.24, 2.45) is 0 Å². The van der Waals surface area contributed by atoms with Gasteiger partial charge in [0.2, 0.25) is 0 Å². The first kappa shape index (κ1) is 13.8. The van der Waals surface area contributed by atoms with E-state index >= 15 is 0 Å². The first-order valence-electron chi connectivity index (χ1n) is 6.98. The summed E-state index contributed by atoms with van der Waals surface area (Å²) in [5.41, 5.74) is 2.28. The molecule has 0 amide bonds. The molecule has 1 heterocycles. The van der Waals surface area contributed by atoms with Gasteiger partial charge in [-0.05, 0) is 12.1 Å². The molecule has 0 spiro atoms. The number of ether oxygens (including phenoxy) is 3. The second kappa shape index (κ2) is 6.06. The fraction of sp³-hybridized carbons (Fsp3) is 0.294. The highest BCUT2D eigenvalue weighted by Gasteiger charge is 2.23. The summed E-state index contributed by atoms with van der Waals surface area (Å²) in [6.07, 6.45) is 0. The zero-order chi connectivity index (χ0) is 14.7. The molecule has 0 aliphatic carbocycles. The van der Waals surface area contributed by atoms with Crippen LogP contribution in [0.25, 0.3) is 0 Å². The summed E-state index contributed by atoms with van der Waals surface area (Å²) in [5, 5.41) is 3.52. The molecule has 2 aromatic rings. The molecule has 110 valence electrons. The molecule has 21 heavy (non-hydrogen) atoms. The molecule has 1 atom stereocenters. The van der Waals surface area contributed by atoms with Crippen molar-refractivity contribution in [1.29, 1.82) is 0 Å². The van der Waals surface area contributed by atoms with Crippen molar-refractivity contribution < 1.29 is 14.2 Å². The third-order valence-corrected chi connectivity index (χ3v) is 3.72. The Morgan fingerprint density at radius 1 is 1.10 bits per heavy atom. The molecule has 0 fully saturated rings. The summed E-state index contributed by atoms with van der Waals surface area (Å²) < 4.78 is 16.5. The van der Waals surface area contributed by atoms with Crippen LogP contribution in [0.15, 0.2) is 42.5 Å². The Kier molecular flexibility index (Phi) is 3.97. The fourth-order valence-corrected chi connectivity index (χ4v) is 2.66. The number of para-hydroxylation sites is 2. The fourth-order valence-electron chi connectivity index (χ4n) is 2.66. The third kappa shape index (κ3) is 2.67. The number of rotatable bonds is 5. The van der Waals surface area contributed by atoms with Crippen molar-refractivity contribution >= 4 is 0 Å². The Morgan fingerprint density at radius 3 is 2.76 bits per heavy atom. The molecule has 0 saturated carbocycles. The van der Waals surface area contributed by atoms with Crippen molar-refractivity contribution in [1.82, 2.24) is 5.32 Å². The number of fused-ring (bicyclic) bond motifs is 1. The Bertz CT molecular complexity index is 627. The van der Waals surface area contributed by atoms with Gasteiger partial charge < -0.3 is 19.5 Å². The van der Waals surface area contributed by atoms with Gasteiger partial charge >= 0.3 is 0 Å². The standard InChI is InChI=1S/C17H19NO3/c1-19-16-9-5-6-12(17(16)20-2)10-18-14-11-21-15-8-4-3-7-13(14)15/h3-9,14,18H,10-11H2,1-2H3. The maximum absolute atomic E-state index is 5.68. The van der Waals surface area contributed by atoms with Crippen LogP contribution in [-0.2, 0) is 6.54 Å². The molecule has 1 N–H and O–H groups in total. The number of benzene rings is 2. The number of methoxy groups -OCH3 is 2. The van der Waals surface area contributed by atoms with Gasteiger partial charge in [-0.15, -0.1) is 0 Å². The van der Waals surface area contributed by atoms with Crippen LogP contribution in [0.4, 0.5) is 0 Å². The molecule has 0 bridgehead atoms. The normalized spacial score (nSPS) is 16.2. The highest BCUT2D eigenvalue weighted by molar-refractivity contribution is 5.47. The van der Waals surface area contributed by atoms with E-state index in [2.05, 4.69) is 11.4 Å². The minimum Gasteiger partial charge on any atom is -0.493 e. The van der Waals surface area contributed by atoms with E-state index in [1.54, 1.807) is 14.2 Å². The quantitative estimate of drug-likeness (QED) is 0.917. The van der Waals surface area contributed by atoms with E-state index in [0.29, 0.717) is 13.2 Å². The number of hydrogen-bond acceptors (Lipinski definition) is 4. The predicted molar refractivity (Wildman–Crippen MR) is 81.1 cm³/mol. The monoisotopic (exact) mass is 285 g/mol.